The predicted molar refractivity (Wildman–Crippen MR) is 64.4 cm³/mol. The summed E-state index contributed by atoms with van der Waals surface area (Å²) in [5.74, 6) is 0.863. The van der Waals surface area contributed by atoms with E-state index >= 15 is 0 Å². The average molecular weight is 234 g/mol. The summed E-state index contributed by atoms with van der Waals surface area (Å²) < 4.78 is 7.14. The van der Waals surface area contributed by atoms with Crippen molar-refractivity contribution in [2.24, 2.45) is 0 Å². The Morgan fingerprint density at radius 2 is 2.06 bits per heavy atom. The lowest BCUT2D eigenvalue weighted by Crippen LogP contribution is -2.15. The van der Waals surface area contributed by atoms with Gasteiger partial charge in [-0.2, -0.15) is 5.10 Å². The highest BCUT2D eigenvalue weighted by Gasteiger charge is 2.04. The van der Waals surface area contributed by atoms with Gasteiger partial charge < -0.3 is 9.84 Å². The van der Waals surface area contributed by atoms with E-state index in [0.717, 1.165) is 30.2 Å². The van der Waals surface area contributed by atoms with Crippen molar-refractivity contribution in [3.05, 3.63) is 35.0 Å². The maximum atomic E-state index is 5.13. The molecular formula is C12H18N4O. The molecule has 0 saturated carbocycles. The molecule has 2 aromatic rings. The normalized spacial score (nSPS) is 11.0. The largest absolute Gasteiger partial charge is 0.360 e. The lowest BCUT2D eigenvalue weighted by molar-refractivity contribution is 0.368. The van der Waals surface area contributed by atoms with Crippen LogP contribution in [0.3, 0.4) is 0 Å². The Balaban J connectivity index is 1.89. The molecule has 0 amide bonds. The molecule has 2 aromatic heterocycles. The van der Waals surface area contributed by atoms with Gasteiger partial charge in [0.1, 0.15) is 0 Å². The fourth-order valence-electron chi connectivity index (χ4n) is 1.83. The van der Waals surface area contributed by atoms with Crippen molar-refractivity contribution in [2.75, 3.05) is 0 Å². The minimum atomic E-state index is 0.689. The Bertz CT molecular complexity index is 486. The standard InChI is InChI=1S/C12H18N4O/c1-4-16-11(5-9(2)14-16)7-13-8-12-6-10(3)15-17-12/h5-6,13H,4,7-8H2,1-3H3. The second kappa shape index (κ2) is 5.14. The first kappa shape index (κ1) is 11.9. The van der Waals surface area contributed by atoms with E-state index in [-0.39, 0.29) is 0 Å². The molecule has 5 heteroatoms. The van der Waals surface area contributed by atoms with Crippen LogP contribution in [-0.2, 0) is 19.6 Å². The van der Waals surface area contributed by atoms with E-state index in [2.05, 4.69) is 28.6 Å². The summed E-state index contributed by atoms with van der Waals surface area (Å²) in [6, 6.07) is 4.04. The van der Waals surface area contributed by atoms with Gasteiger partial charge in [0.05, 0.1) is 23.6 Å². The number of rotatable bonds is 5. The van der Waals surface area contributed by atoms with Gasteiger partial charge in [-0.1, -0.05) is 5.16 Å². The van der Waals surface area contributed by atoms with Crippen LogP contribution >= 0.6 is 0 Å². The van der Waals surface area contributed by atoms with Crippen LogP contribution in [0.15, 0.2) is 16.7 Å². The quantitative estimate of drug-likeness (QED) is 0.857. The molecule has 0 aromatic carbocycles. The van der Waals surface area contributed by atoms with Crippen molar-refractivity contribution < 1.29 is 4.52 Å². The number of aromatic nitrogens is 3. The van der Waals surface area contributed by atoms with Crippen molar-refractivity contribution in [1.82, 2.24) is 20.3 Å². The molecule has 0 radical (unpaired) electrons. The summed E-state index contributed by atoms with van der Waals surface area (Å²) >= 11 is 0. The van der Waals surface area contributed by atoms with E-state index in [1.165, 1.54) is 5.69 Å². The average Bonchev–Trinajstić information content (AvgIpc) is 2.85. The Morgan fingerprint density at radius 1 is 1.24 bits per heavy atom. The third kappa shape index (κ3) is 2.94. The first-order valence-electron chi connectivity index (χ1n) is 5.85. The fraction of sp³-hybridized carbons (Fsp3) is 0.500. The van der Waals surface area contributed by atoms with Gasteiger partial charge in [-0.25, -0.2) is 0 Å². The second-order valence-electron chi connectivity index (χ2n) is 4.13. The van der Waals surface area contributed by atoms with Crippen LogP contribution in [0.4, 0.5) is 0 Å². The first-order valence-corrected chi connectivity index (χ1v) is 5.85. The molecule has 2 rings (SSSR count). The van der Waals surface area contributed by atoms with E-state index in [4.69, 9.17) is 4.52 Å². The summed E-state index contributed by atoms with van der Waals surface area (Å²) in [4.78, 5) is 0. The molecule has 17 heavy (non-hydrogen) atoms. The van der Waals surface area contributed by atoms with Crippen LogP contribution in [0.25, 0.3) is 0 Å². The third-order valence-corrected chi connectivity index (χ3v) is 2.57. The summed E-state index contributed by atoms with van der Waals surface area (Å²) in [7, 11) is 0. The molecule has 0 aliphatic carbocycles. The summed E-state index contributed by atoms with van der Waals surface area (Å²) in [6.45, 7) is 8.39. The van der Waals surface area contributed by atoms with Crippen molar-refractivity contribution in [1.29, 1.82) is 0 Å². The highest BCUT2D eigenvalue weighted by molar-refractivity contribution is 5.09. The second-order valence-corrected chi connectivity index (χ2v) is 4.13. The highest BCUT2D eigenvalue weighted by Crippen LogP contribution is 2.05. The van der Waals surface area contributed by atoms with Crippen LogP contribution < -0.4 is 5.32 Å². The zero-order valence-corrected chi connectivity index (χ0v) is 10.5. The van der Waals surface area contributed by atoms with E-state index in [9.17, 15) is 0 Å². The molecule has 0 spiro atoms. The molecule has 0 fully saturated rings. The SMILES string of the molecule is CCn1nc(C)cc1CNCc1cc(C)no1. The van der Waals surface area contributed by atoms with Crippen molar-refractivity contribution in [3.8, 4) is 0 Å². The number of hydrogen-bond donors (Lipinski definition) is 1. The van der Waals surface area contributed by atoms with Crippen LogP contribution in [-0.4, -0.2) is 14.9 Å². The lowest BCUT2D eigenvalue weighted by atomic mass is 10.3. The maximum absolute atomic E-state index is 5.13. The zero-order chi connectivity index (χ0) is 12.3. The van der Waals surface area contributed by atoms with E-state index in [1.54, 1.807) is 0 Å². The molecule has 0 bridgehead atoms. The summed E-state index contributed by atoms with van der Waals surface area (Å²) in [5, 5.41) is 11.6. The Morgan fingerprint density at radius 3 is 2.71 bits per heavy atom. The van der Waals surface area contributed by atoms with Crippen LogP contribution in [0.1, 0.15) is 29.8 Å². The Labute approximate surface area is 101 Å². The summed E-state index contributed by atoms with van der Waals surface area (Å²) in [5.41, 5.74) is 3.16. The number of nitrogens with one attached hydrogen (secondary N) is 1. The maximum Gasteiger partial charge on any atom is 0.150 e. The van der Waals surface area contributed by atoms with Gasteiger partial charge in [-0.05, 0) is 26.8 Å². The molecule has 0 atom stereocenters. The topological polar surface area (TPSA) is 55.9 Å². The highest BCUT2D eigenvalue weighted by atomic mass is 16.5. The minimum absolute atomic E-state index is 0.689. The van der Waals surface area contributed by atoms with Gasteiger partial charge in [-0.15, -0.1) is 0 Å². The van der Waals surface area contributed by atoms with Crippen molar-refractivity contribution >= 4 is 0 Å². The molecule has 1 N–H and O–H groups in total. The number of hydrogen-bond acceptors (Lipinski definition) is 4. The van der Waals surface area contributed by atoms with Gasteiger partial charge in [0, 0.05) is 19.2 Å². The van der Waals surface area contributed by atoms with Crippen LogP contribution in [0.2, 0.25) is 0 Å². The van der Waals surface area contributed by atoms with Crippen LogP contribution in [0, 0.1) is 13.8 Å². The van der Waals surface area contributed by atoms with E-state index in [1.807, 2.05) is 24.6 Å². The molecule has 5 nitrogen and oxygen atoms in total. The van der Waals surface area contributed by atoms with Crippen LogP contribution in [0.5, 0.6) is 0 Å². The number of nitrogens with zero attached hydrogens (tertiary/aromatic N) is 3. The van der Waals surface area contributed by atoms with Crippen molar-refractivity contribution in [2.45, 2.75) is 40.4 Å². The molecule has 92 valence electrons. The minimum Gasteiger partial charge on any atom is -0.360 e. The molecule has 0 saturated heterocycles. The molecule has 0 unspecified atom stereocenters. The van der Waals surface area contributed by atoms with Gasteiger partial charge >= 0.3 is 0 Å². The molecule has 0 aliphatic heterocycles. The van der Waals surface area contributed by atoms with Crippen molar-refractivity contribution in [3.63, 3.8) is 0 Å². The van der Waals surface area contributed by atoms with E-state index in [0.29, 0.717) is 6.54 Å². The fourth-order valence-corrected chi connectivity index (χ4v) is 1.83. The molecular weight excluding hydrogens is 216 g/mol. The third-order valence-electron chi connectivity index (χ3n) is 2.57. The number of aryl methyl sites for hydroxylation is 3. The smallest absolute Gasteiger partial charge is 0.150 e. The molecule has 2 heterocycles. The summed E-state index contributed by atoms with van der Waals surface area (Å²) in [6.07, 6.45) is 0. The van der Waals surface area contributed by atoms with E-state index < -0.39 is 0 Å². The van der Waals surface area contributed by atoms with Gasteiger partial charge in [0.25, 0.3) is 0 Å². The zero-order valence-electron chi connectivity index (χ0n) is 10.5. The Kier molecular flexibility index (Phi) is 3.58. The van der Waals surface area contributed by atoms with Gasteiger partial charge in [-0.3, -0.25) is 4.68 Å². The molecule has 0 aliphatic rings. The Hall–Kier alpha value is -1.62. The lowest BCUT2D eigenvalue weighted by Gasteiger charge is -2.04. The van der Waals surface area contributed by atoms with Gasteiger partial charge in [0.15, 0.2) is 5.76 Å². The predicted octanol–water partition coefficient (Wildman–Crippen LogP) is 1.80. The first-order chi connectivity index (χ1) is 8.19. The van der Waals surface area contributed by atoms with Gasteiger partial charge in [0.2, 0.25) is 0 Å². The monoisotopic (exact) mass is 234 g/mol.